The summed E-state index contributed by atoms with van der Waals surface area (Å²) in [7, 11) is 0. The van der Waals surface area contributed by atoms with E-state index >= 15 is 0 Å². The first-order valence-electron chi connectivity index (χ1n) is 7.61. The highest BCUT2D eigenvalue weighted by molar-refractivity contribution is 5.68. The lowest BCUT2D eigenvalue weighted by atomic mass is 10.2. The smallest absolute Gasteiger partial charge is 0.410 e. The summed E-state index contributed by atoms with van der Waals surface area (Å²) in [5, 5.41) is 4.42. The van der Waals surface area contributed by atoms with Crippen molar-refractivity contribution in [3.05, 3.63) is 18.0 Å². The maximum Gasteiger partial charge on any atom is 0.410 e. The van der Waals surface area contributed by atoms with Gasteiger partial charge in [0.2, 0.25) is 0 Å². The molecule has 2 heterocycles. The van der Waals surface area contributed by atoms with E-state index in [1.54, 1.807) is 4.90 Å². The standard InChI is InChI=1S/C15H26N4O2/c1-15(2,3)21-14(20)18-10-7-13(11-18)19-12(5-4-8-16)6-9-17-19/h6,9,13H,4-5,7-8,10-11,16H2,1-3H3. The van der Waals surface area contributed by atoms with Gasteiger partial charge in [-0.1, -0.05) is 0 Å². The van der Waals surface area contributed by atoms with Crippen LogP contribution in [0.15, 0.2) is 12.3 Å². The molecule has 0 bridgehead atoms. The van der Waals surface area contributed by atoms with Gasteiger partial charge in [-0.15, -0.1) is 0 Å². The Bertz CT molecular complexity index is 478. The molecular weight excluding hydrogens is 268 g/mol. The minimum Gasteiger partial charge on any atom is -0.444 e. The van der Waals surface area contributed by atoms with Gasteiger partial charge in [0.15, 0.2) is 0 Å². The van der Waals surface area contributed by atoms with Crippen molar-refractivity contribution in [2.75, 3.05) is 19.6 Å². The fourth-order valence-corrected chi connectivity index (χ4v) is 2.59. The van der Waals surface area contributed by atoms with E-state index in [0.717, 1.165) is 25.8 Å². The topological polar surface area (TPSA) is 73.4 Å². The zero-order valence-corrected chi connectivity index (χ0v) is 13.2. The van der Waals surface area contributed by atoms with E-state index < -0.39 is 5.60 Å². The average molecular weight is 294 g/mol. The van der Waals surface area contributed by atoms with Crippen molar-refractivity contribution in [3.63, 3.8) is 0 Å². The fraction of sp³-hybridized carbons (Fsp3) is 0.733. The molecule has 1 aromatic heterocycles. The molecule has 1 aliphatic rings. The number of amides is 1. The predicted molar refractivity (Wildman–Crippen MR) is 81.1 cm³/mol. The molecular formula is C15H26N4O2. The second-order valence-electron chi connectivity index (χ2n) is 6.53. The maximum atomic E-state index is 12.1. The summed E-state index contributed by atoms with van der Waals surface area (Å²) in [5.41, 5.74) is 6.31. The molecule has 6 heteroatoms. The van der Waals surface area contributed by atoms with Crippen LogP contribution in [0.2, 0.25) is 0 Å². The minimum atomic E-state index is -0.451. The molecule has 0 aliphatic carbocycles. The van der Waals surface area contributed by atoms with Gasteiger partial charge in [-0.05, 0) is 52.6 Å². The van der Waals surface area contributed by atoms with Gasteiger partial charge in [0.1, 0.15) is 5.60 Å². The Morgan fingerprint density at radius 1 is 1.52 bits per heavy atom. The quantitative estimate of drug-likeness (QED) is 0.921. The third-order valence-corrected chi connectivity index (χ3v) is 3.55. The monoisotopic (exact) mass is 294 g/mol. The predicted octanol–water partition coefficient (Wildman–Crippen LogP) is 1.96. The maximum absolute atomic E-state index is 12.1. The molecule has 1 saturated heterocycles. The number of nitrogens with zero attached hydrogens (tertiary/aromatic N) is 3. The Hall–Kier alpha value is -1.56. The zero-order chi connectivity index (χ0) is 15.5. The van der Waals surface area contributed by atoms with Crippen LogP contribution in [0.4, 0.5) is 4.79 Å². The van der Waals surface area contributed by atoms with Crippen LogP contribution in [0.5, 0.6) is 0 Å². The van der Waals surface area contributed by atoms with E-state index in [-0.39, 0.29) is 12.1 Å². The molecule has 0 radical (unpaired) electrons. The molecule has 1 amide bonds. The Kier molecular flexibility index (Phi) is 4.88. The van der Waals surface area contributed by atoms with E-state index in [2.05, 4.69) is 5.10 Å². The van der Waals surface area contributed by atoms with E-state index in [1.165, 1.54) is 5.69 Å². The highest BCUT2D eigenvalue weighted by atomic mass is 16.6. The van der Waals surface area contributed by atoms with E-state index in [4.69, 9.17) is 10.5 Å². The number of nitrogens with two attached hydrogens (primary N) is 1. The molecule has 6 nitrogen and oxygen atoms in total. The van der Waals surface area contributed by atoms with Crippen LogP contribution in [0, 0.1) is 0 Å². The summed E-state index contributed by atoms with van der Waals surface area (Å²) < 4.78 is 7.46. The van der Waals surface area contributed by atoms with Gasteiger partial charge in [-0.3, -0.25) is 4.68 Å². The van der Waals surface area contributed by atoms with Crippen molar-refractivity contribution in [1.82, 2.24) is 14.7 Å². The van der Waals surface area contributed by atoms with Gasteiger partial charge in [0.05, 0.1) is 6.04 Å². The first-order chi connectivity index (χ1) is 9.90. The Morgan fingerprint density at radius 3 is 2.95 bits per heavy atom. The molecule has 1 aliphatic heterocycles. The van der Waals surface area contributed by atoms with Crippen LogP contribution >= 0.6 is 0 Å². The Labute approximate surface area is 126 Å². The summed E-state index contributed by atoms with van der Waals surface area (Å²) in [6, 6.07) is 2.27. The van der Waals surface area contributed by atoms with E-state index in [9.17, 15) is 4.79 Å². The number of likely N-dealkylation sites (tertiary alicyclic amines) is 1. The third-order valence-electron chi connectivity index (χ3n) is 3.55. The number of carbonyl (C=O) groups excluding carboxylic acids is 1. The molecule has 1 atom stereocenters. The second kappa shape index (κ2) is 6.47. The molecule has 21 heavy (non-hydrogen) atoms. The summed E-state index contributed by atoms with van der Waals surface area (Å²) in [5.74, 6) is 0. The molecule has 2 rings (SSSR count). The lowest BCUT2D eigenvalue weighted by Gasteiger charge is -2.24. The number of hydrogen-bond donors (Lipinski definition) is 1. The summed E-state index contributed by atoms with van der Waals surface area (Å²) in [6.07, 6.45) is 4.38. The van der Waals surface area contributed by atoms with Crippen LogP contribution in [0.1, 0.15) is 45.3 Å². The third kappa shape index (κ3) is 4.20. The van der Waals surface area contributed by atoms with Crippen LogP contribution < -0.4 is 5.73 Å². The van der Waals surface area contributed by atoms with Crippen molar-refractivity contribution >= 4 is 6.09 Å². The van der Waals surface area contributed by atoms with Crippen LogP contribution in [-0.2, 0) is 11.2 Å². The number of aryl methyl sites for hydroxylation is 1. The Morgan fingerprint density at radius 2 is 2.29 bits per heavy atom. The molecule has 118 valence electrons. The van der Waals surface area contributed by atoms with Crippen molar-refractivity contribution in [2.24, 2.45) is 5.73 Å². The molecule has 2 N–H and O–H groups in total. The SMILES string of the molecule is CC(C)(C)OC(=O)N1CCC(n2nccc2CCCN)C1. The number of aromatic nitrogens is 2. The average Bonchev–Trinajstić information content (AvgIpc) is 3.02. The molecule has 0 spiro atoms. The minimum absolute atomic E-state index is 0.235. The number of carbonyl (C=O) groups is 1. The summed E-state index contributed by atoms with van der Waals surface area (Å²) >= 11 is 0. The zero-order valence-electron chi connectivity index (χ0n) is 13.2. The van der Waals surface area contributed by atoms with Crippen molar-refractivity contribution in [1.29, 1.82) is 0 Å². The molecule has 0 aromatic carbocycles. The van der Waals surface area contributed by atoms with Gasteiger partial charge in [-0.25, -0.2) is 4.79 Å². The lowest BCUT2D eigenvalue weighted by molar-refractivity contribution is 0.0288. The van der Waals surface area contributed by atoms with Gasteiger partial charge >= 0.3 is 6.09 Å². The summed E-state index contributed by atoms with van der Waals surface area (Å²) in [6.45, 7) is 7.71. The molecule has 1 fully saturated rings. The van der Waals surface area contributed by atoms with Crippen LogP contribution in [0.25, 0.3) is 0 Å². The van der Waals surface area contributed by atoms with Gasteiger partial charge < -0.3 is 15.4 Å². The number of ether oxygens (including phenoxy) is 1. The molecule has 0 saturated carbocycles. The van der Waals surface area contributed by atoms with Crippen molar-refractivity contribution < 1.29 is 9.53 Å². The Balaban J connectivity index is 1.96. The van der Waals surface area contributed by atoms with Crippen molar-refractivity contribution in [2.45, 2.75) is 51.7 Å². The highest BCUT2D eigenvalue weighted by Crippen LogP contribution is 2.24. The molecule has 1 unspecified atom stereocenters. The number of hydrogen-bond acceptors (Lipinski definition) is 4. The van der Waals surface area contributed by atoms with Crippen LogP contribution in [-0.4, -0.2) is 46.0 Å². The number of rotatable bonds is 4. The van der Waals surface area contributed by atoms with E-state index in [0.29, 0.717) is 13.1 Å². The van der Waals surface area contributed by atoms with Gasteiger partial charge in [-0.2, -0.15) is 5.10 Å². The fourth-order valence-electron chi connectivity index (χ4n) is 2.59. The van der Waals surface area contributed by atoms with Crippen LogP contribution in [0.3, 0.4) is 0 Å². The molecule has 1 aromatic rings. The normalized spacial score (nSPS) is 19.0. The van der Waals surface area contributed by atoms with Gasteiger partial charge in [0, 0.05) is 25.0 Å². The first kappa shape index (κ1) is 15.8. The second-order valence-corrected chi connectivity index (χ2v) is 6.53. The first-order valence-corrected chi connectivity index (χ1v) is 7.61. The lowest BCUT2D eigenvalue weighted by Crippen LogP contribution is -2.35. The summed E-state index contributed by atoms with van der Waals surface area (Å²) in [4.78, 5) is 13.9. The highest BCUT2D eigenvalue weighted by Gasteiger charge is 2.31. The van der Waals surface area contributed by atoms with Crippen molar-refractivity contribution in [3.8, 4) is 0 Å². The van der Waals surface area contributed by atoms with Gasteiger partial charge in [0.25, 0.3) is 0 Å². The van der Waals surface area contributed by atoms with E-state index in [1.807, 2.05) is 37.7 Å². The largest absolute Gasteiger partial charge is 0.444 e.